The van der Waals surface area contributed by atoms with Crippen molar-refractivity contribution in [3.63, 3.8) is 0 Å². The van der Waals surface area contributed by atoms with E-state index >= 15 is 0 Å². The summed E-state index contributed by atoms with van der Waals surface area (Å²) in [6.45, 7) is 8.36. The first-order valence-electron chi connectivity index (χ1n) is 5.29. The van der Waals surface area contributed by atoms with Gasteiger partial charge in [0, 0.05) is 0 Å². The fourth-order valence-electron chi connectivity index (χ4n) is 2.80. The van der Waals surface area contributed by atoms with Crippen molar-refractivity contribution in [2.45, 2.75) is 33.6 Å². The lowest BCUT2D eigenvalue weighted by Gasteiger charge is -2.18. The van der Waals surface area contributed by atoms with E-state index in [4.69, 9.17) is 0 Å². The molecule has 1 N–H and O–H groups in total. The van der Waals surface area contributed by atoms with Crippen molar-refractivity contribution in [2.24, 2.45) is 23.7 Å². The highest BCUT2D eigenvalue weighted by Gasteiger charge is 2.32. The van der Waals surface area contributed by atoms with E-state index in [9.17, 15) is 0 Å². The van der Waals surface area contributed by atoms with E-state index in [0.29, 0.717) is 0 Å². The summed E-state index contributed by atoms with van der Waals surface area (Å²) in [6, 6.07) is 0. The monoisotopic (exact) mass is 169 g/mol. The van der Waals surface area contributed by atoms with Gasteiger partial charge >= 0.3 is 0 Å². The summed E-state index contributed by atoms with van der Waals surface area (Å²) < 4.78 is 0. The minimum absolute atomic E-state index is 0.877. The lowest BCUT2D eigenvalue weighted by molar-refractivity contribution is 0.312. The molecule has 1 aliphatic rings. The van der Waals surface area contributed by atoms with Crippen molar-refractivity contribution in [3.05, 3.63) is 0 Å². The van der Waals surface area contributed by atoms with E-state index in [1.165, 1.54) is 19.4 Å². The zero-order valence-electron chi connectivity index (χ0n) is 8.93. The Morgan fingerprint density at radius 3 is 2.42 bits per heavy atom. The van der Waals surface area contributed by atoms with Crippen molar-refractivity contribution in [2.75, 3.05) is 13.6 Å². The largest absolute Gasteiger partial charge is 0.319 e. The Balaban J connectivity index is 2.39. The molecule has 1 fully saturated rings. The zero-order valence-corrected chi connectivity index (χ0v) is 8.93. The second-order valence-electron chi connectivity index (χ2n) is 4.78. The Morgan fingerprint density at radius 1 is 1.33 bits per heavy atom. The molecule has 0 radical (unpaired) electrons. The molecule has 0 aromatic carbocycles. The Hall–Kier alpha value is -0.0400. The molecule has 3 unspecified atom stereocenters. The first kappa shape index (κ1) is 10.0. The van der Waals surface area contributed by atoms with E-state index in [0.717, 1.165) is 23.7 Å². The molecule has 0 saturated heterocycles. The van der Waals surface area contributed by atoms with E-state index < -0.39 is 0 Å². The van der Waals surface area contributed by atoms with Crippen LogP contribution in [0.5, 0.6) is 0 Å². The number of hydrogen-bond acceptors (Lipinski definition) is 1. The fourth-order valence-corrected chi connectivity index (χ4v) is 2.80. The van der Waals surface area contributed by atoms with Crippen LogP contribution in [0.3, 0.4) is 0 Å². The van der Waals surface area contributed by atoms with E-state index in [-0.39, 0.29) is 0 Å². The van der Waals surface area contributed by atoms with Gasteiger partial charge in [-0.3, -0.25) is 0 Å². The first-order valence-corrected chi connectivity index (χ1v) is 5.29. The summed E-state index contributed by atoms with van der Waals surface area (Å²) in [6.07, 6.45) is 2.88. The highest BCUT2D eigenvalue weighted by atomic mass is 14.8. The maximum absolute atomic E-state index is 3.29. The molecule has 1 saturated carbocycles. The molecule has 3 atom stereocenters. The third kappa shape index (κ3) is 2.22. The average molecular weight is 169 g/mol. The molecule has 1 nitrogen and oxygen atoms in total. The van der Waals surface area contributed by atoms with Crippen molar-refractivity contribution in [3.8, 4) is 0 Å². The third-order valence-electron chi connectivity index (χ3n) is 3.39. The van der Waals surface area contributed by atoms with E-state index in [1.54, 1.807) is 0 Å². The van der Waals surface area contributed by atoms with Gasteiger partial charge in [-0.2, -0.15) is 0 Å². The molecule has 1 rings (SSSR count). The Bertz CT molecular complexity index is 131. The Morgan fingerprint density at radius 2 is 2.00 bits per heavy atom. The van der Waals surface area contributed by atoms with Crippen molar-refractivity contribution in [1.82, 2.24) is 5.32 Å². The van der Waals surface area contributed by atoms with Crippen LogP contribution in [-0.4, -0.2) is 13.6 Å². The zero-order chi connectivity index (χ0) is 9.14. The van der Waals surface area contributed by atoms with Gasteiger partial charge in [-0.1, -0.05) is 20.8 Å². The normalized spacial score (nSPS) is 36.2. The summed E-state index contributed by atoms with van der Waals surface area (Å²) >= 11 is 0. The van der Waals surface area contributed by atoms with Crippen LogP contribution in [-0.2, 0) is 0 Å². The van der Waals surface area contributed by atoms with Gasteiger partial charge in [0.2, 0.25) is 0 Å². The molecular weight excluding hydrogens is 146 g/mol. The number of nitrogens with one attached hydrogen (secondary N) is 1. The van der Waals surface area contributed by atoms with Gasteiger partial charge < -0.3 is 5.32 Å². The highest BCUT2D eigenvalue weighted by Crippen LogP contribution is 2.39. The average Bonchev–Trinajstić information content (AvgIpc) is 2.32. The Kier molecular flexibility index (Phi) is 3.57. The molecular formula is C11H23N. The maximum atomic E-state index is 3.29. The van der Waals surface area contributed by atoms with Gasteiger partial charge in [-0.25, -0.2) is 0 Å². The number of rotatable bonds is 3. The van der Waals surface area contributed by atoms with Crippen LogP contribution >= 0.6 is 0 Å². The molecule has 0 aromatic rings. The molecule has 0 aromatic heterocycles. The van der Waals surface area contributed by atoms with Gasteiger partial charge in [0.25, 0.3) is 0 Å². The predicted molar refractivity (Wildman–Crippen MR) is 54.1 cm³/mol. The predicted octanol–water partition coefficient (Wildman–Crippen LogP) is 2.52. The van der Waals surface area contributed by atoms with Crippen LogP contribution in [0.4, 0.5) is 0 Å². The standard InChI is InChI=1S/C11H23N/c1-8(2)11-6-10(7-12-4)5-9(11)3/h8-12H,5-7H2,1-4H3. The van der Waals surface area contributed by atoms with E-state index in [1.807, 2.05) is 0 Å². The lowest BCUT2D eigenvalue weighted by atomic mass is 9.87. The smallest absolute Gasteiger partial charge is 0.00233 e. The topological polar surface area (TPSA) is 12.0 Å². The van der Waals surface area contributed by atoms with Crippen LogP contribution < -0.4 is 5.32 Å². The Labute approximate surface area is 76.9 Å². The van der Waals surface area contributed by atoms with Crippen molar-refractivity contribution in [1.29, 1.82) is 0 Å². The third-order valence-corrected chi connectivity index (χ3v) is 3.39. The fraction of sp³-hybridized carbons (Fsp3) is 1.00. The molecule has 12 heavy (non-hydrogen) atoms. The molecule has 0 amide bonds. The van der Waals surface area contributed by atoms with Crippen LogP contribution in [0, 0.1) is 23.7 Å². The van der Waals surface area contributed by atoms with Crippen LogP contribution in [0.15, 0.2) is 0 Å². The number of hydrogen-bond donors (Lipinski definition) is 1. The van der Waals surface area contributed by atoms with Crippen molar-refractivity contribution < 1.29 is 0 Å². The summed E-state index contributed by atoms with van der Waals surface area (Å²) in [5, 5.41) is 3.29. The SMILES string of the molecule is CNCC1CC(C)C(C(C)C)C1. The van der Waals surface area contributed by atoms with Crippen molar-refractivity contribution >= 4 is 0 Å². The van der Waals surface area contributed by atoms with Gasteiger partial charge in [0.15, 0.2) is 0 Å². The second kappa shape index (κ2) is 4.27. The first-order chi connectivity index (χ1) is 5.65. The van der Waals surface area contributed by atoms with Crippen LogP contribution in [0.1, 0.15) is 33.6 Å². The lowest BCUT2D eigenvalue weighted by Crippen LogP contribution is -2.16. The summed E-state index contributed by atoms with van der Waals surface area (Å²) in [4.78, 5) is 0. The van der Waals surface area contributed by atoms with Gasteiger partial charge in [0.1, 0.15) is 0 Å². The highest BCUT2D eigenvalue weighted by molar-refractivity contribution is 4.83. The molecule has 0 bridgehead atoms. The maximum Gasteiger partial charge on any atom is -0.00233 e. The molecule has 0 heterocycles. The molecule has 1 aliphatic carbocycles. The van der Waals surface area contributed by atoms with Gasteiger partial charge in [0.05, 0.1) is 0 Å². The van der Waals surface area contributed by atoms with Gasteiger partial charge in [-0.05, 0) is 50.1 Å². The minimum atomic E-state index is 0.877. The minimum Gasteiger partial charge on any atom is -0.319 e. The van der Waals surface area contributed by atoms with Gasteiger partial charge in [-0.15, -0.1) is 0 Å². The molecule has 0 aliphatic heterocycles. The summed E-state index contributed by atoms with van der Waals surface area (Å²) in [5.74, 6) is 3.74. The van der Waals surface area contributed by atoms with Crippen LogP contribution in [0.25, 0.3) is 0 Å². The summed E-state index contributed by atoms with van der Waals surface area (Å²) in [5.41, 5.74) is 0. The molecule has 1 heteroatoms. The summed E-state index contributed by atoms with van der Waals surface area (Å²) in [7, 11) is 2.06. The van der Waals surface area contributed by atoms with E-state index in [2.05, 4.69) is 33.1 Å². The molecule has 0 spiro atoms. The molecule has 72 valence electrons. The second-order valence-corrected chi connectivity index (χ2v) is 4.78. The quantitative estimate of drug-likeness (QED) is 0.684. The van der Waals surface area contributed by atoms with Crippen LogP contribution in [0.2, 0.25) is 0 Å².